The van der Waals surface area contributed by atoms with Crippen molar-refractivity contribution >= 4 is 22.5 Å². The Hall–Kier alpha value is -3.18. The molecule has 1 aromatic carbocycles. The molecular formula is C23H21F3N4O. The first-order chi connectivity index (χ1) is 14.8. The van der Waals surface area contributed by atoms with Crippen LogP contribution in [0, 0.1) is 11.3 Å². The van der Waals surface area contributed by atoms with Gasteiger partial charge in [0.15, 0.2) is 0 Å². The number of benzene rings is 1. The van der Waals surface area contributed by atoms with E-state index in [1.807, 2.05) is 24.3 Å². The van der Waals surface area contributed by atoms with E-state index >= 15 is 0 Å². The number of para-hydroxylation sites is 1. The maximum atomic E-state index is 13.2. The third-order valence-corrected chi connectivity index (χ3v) is 5.80. The molecule has 2 aromatic rings. The molecule has 1 heterocycles. The number of carbonyl (C=O) groups excluding carboxylic acids is 1. The van der Waals surface area contributed by atoms with Crippen LogP contribution in [-0.2, 0) is 0 Å². The number of nitrogens with one attached hydrogen (secondary N) is 2. The van der Waals surface area contributed by atoms with E-state index in [0.717, 1.165) is 16.6 Å². The van der Waals surface area contributed by atoms with Crippen LogP contribution in [0.4, 0.5) is 13.2 Å². The number of H-pyrrole nitrogens is 1. The van der Waals surface area contributed by atoms with E-state index in [2.05, 4.69) is 15.3 Å². The van der Waals surface area contributed by atoms with Gasteiger partial charge in [-0.25, -0.2) is 4.99 Å². The van der Waals surface area contributed by atoms with Crippen molar-refractivity contribution in [1.29, 1.82) is 5.26 Å². The highest BCUT2D eigenvalue weighted by Crippen LogP contribution is 2.35. The van der Waals surface area contributed by atoms with Gasteiger partial charge in [-0.2, -0.15) is 18.4 Å². The fourth-order valence-electron chi connectivity index (χ4n) is 4.18. The molecule has 160 valence electrons. The Bertz CT molecular complexity index is 1120. The molecule has 0 bridgehead atoms. The summed E-state index contributed by atoms with van der Waals surface area (Å²) in [5.41, 5.74) is 1.13. The Kier molecular flexibility index (Phi) is 5.79. The zero-order chi connectivity index (χ0) is 22.0. The molecule has 1 saturated carbocycles. The van der Waals surface area contributed by atoms with Gasteiger partial charge in [-0.15, -0.1) is 0 Å². The Labute approximate surface area is 177 Å². The molecule has 2 aliphatic rings. The minimum absolute atomic E-state index is 0.0370. The summed E-state index contributed by atoms with van der Waals surface area (Å²) >= 11 is 0. The van der Waals surface area contributed by atoms with Crippen LogP contribution in [0.25, 0.3) is 10.9 Å². The molecule has 0 aliphatic heterocycles. The fourth-order valence-corrected chi connectivity index (χ4v) is 4.18. The van der Waals surface area contributed by atoms with Crippen molar-refractivity contribution in [2.45, 2.75) is 50.4 Å². The zero-order valence-corrected chi connectivity index (χ0v) is 16.7. The smallest absolute Gasteiger partial charge is 0.360 e. The number of halogens is 3. The predicted octanol–water partition coefficient (Wildman–Crippen LogP) is 4.99. The molecule has 5 nitrogen and oxygen atoms in total. The number of rotatable bonds is 3. The first-order valence-corrected chi connectivity index (χ1v) is 10.2. The second kappa shape index (κ2) is 8.52. The molecule has 1 amide bonds. The molecule has 1 atom stereocenters. The van der Waals surface area contributed by atoms with Gasteiger partial charge in [0.2, 0.25) is 0 Å². The van der Waals surface area contributed by atoms with E-state index in [0.29, 0.717) is 31.2 Å². The van der Waals surface area contributed by atoms with Crippen molar-refractivity contribution in [2.24, 2.45) is 4.99 Å². The van der Waals surface area contributed by atoms with Gasteiger partial charge in [0.05, 0.1) is 22.8 Å². The molecule has 1 aromatic heterocycles. The number of aliphatic imine (C=N–C) groups is 1. The standard InChI is InChI=1S/C23H21F3N4O/c24-23(25,26)20-11-17(6-5-14(20)12-27)29-15-7-9-16(10-8-15)30-22(31)19-13-28-21-4-2-1-3-18(19)21/h1-6,13,15,17,28-29H,7-11H2. The third kappa shape index (κ3) is 4.62. The van der Waals surface area contributed by atoms with Gasteiger partial charge in [-0.3, -0.25) is 4.79 Å². The summed E-state index contributed by atoms with van der Waals surface area (Å²) in [5.74, 6) is -0.280. The Morgan fingerprint density at radius 2 is 1.97 bits per heavy atom. The summed E-state index contributed by atoms with van der Waals surface area (Å²) in [7, 11) is 0. The Balaban J connectivity index is 1.35. The van der Waals surface area contributed by atoms with E-state index in [1.54, 1.807) is 18.3 Å². The lowest BCUT2D eigenvalue weighted by Gasteiger charge is -2.30. The molecular weight excluding hydrogens is 405 g/mol. The van der Waals surface area contributed by atoms with Crippen molar-refractivity contribution in [1.82, 2.24) is 10.3 Å². The molecule has 31 heavy (non-hydrogen) atoms. The van der Waals surface area contributed by atoms with Gasteiger partial charge in [0, 0.05) is 34.9 Å². The fraction of sp³-hybridized carbons (Fsp3) is 0.348. The molecule has 8 heteroatoms. The van der Waals surface area contributed by atoms with Gasteiger partial charge in [0.1, 0.15) is 0 Å². The van der Waals surface area contributed by atoms with Gasteiger partial charge in [-0.05, 0) is 44.2 Å². The first-order valence-electron chi connectivity index (χ1n) is 10.2. The van der Waals surface area contributed by atoms with E-state index < -0.39 is 17.8 Å². The molecule has 1 fully saturated rings. The van der Waals surface area contributed by atoms with Gasteiger partial charge >= 0.3 is 6.18 Å². The number of hydrogen-bond donors (Lipinski definition) is 2. The van der Waals surface area contributed by atoms with Crippen LogP contribution in [0.1, 0.15) is 42.5 Å². The van der Waals surface area contributed by atoms with Crippen molar-refractivity contribution in [3.05, 3.63) is 59.3 Å². The van der Waals surface area contributed by atoms with Crippen LogP contribution >= 0.6 is 0 Å². The summed E-state index contributed by atoms with van der Waals surface area (Å²) in [6, 6.07) is 8.73. The number of allylic oxidation sites excluding steroid dienone is 2. The number of hydrogen-bond acceptors (Lipinski definition) is 3. The van der Waals surface area contributed by atoms with Crippen molar-refractivity contribution < 1.29 is 18.0 Å². The maximum Gasteiger partial charge on any atom is 0.414 e. The summed E-state index contributed by atoms with van der Waals surface area (Å²) in [4.78, 5) is 20.0. The van der Waals surface area contributed by atoms with Crippen molar-refractivity contribution in [3.63, 3.8) is 0 Å². The highest BCUT2D eigenvalue weighted by atomic mass is 19.4. The Morgan fingerprint density at radius 1 is 1.23 bits per heavy atom. The number of carbonyl (C=O) groups is 1. The van der Waals surface area contributed by atoms with Crippen molar-refractivity contribution in [3.8, 4) is 6.07 Å². The summed E-state index contributed by atoms with van der Waals surface area (Å²) < 4.78 is 39.6. The molecule has 0 spiro atoms. The number of amides is 1. The van der Waals surface area contributed by atoms with Crippen LogP contribution in [0.15, 0.2) is 58.8 Å². The van der Waals surface area contributed by atoms with Gasteiger partial charge < -0.3 is 10.3 Å². The zero-order valence-electron chi connectivity index (χ0n) is 16.7. The largest absolute Gasteiger partial charge is 0.414 e. The van der Waals surface area contributed by atoms with E-state index in [9.17, 15) is 18.0 Å². The summed E-state index contributed by atoms with van der Waals surface area (Å²) in [5, 5.41) is 13.0. The second-order valence-electron chi connectivity index (χ2n) is 7.84. The molecule has 2 N–H and O–H groups in total. The van der Waals surface area contributed by atoms with Gasteiger partial charge in [0.25, 0.3) is 5.91 Å². The van der Waals surface area contributed by atoms with Crippen LogP contribution in [0.5, 0.6) is 0 Å². The molecule has 2 aliphatic carbocycles. The topological polar surface area (TPSA) is 81.0 Å². The normalized spacial score (nSPS) is 21.9. The minimum atomic E-state index is -4.51. The van der Waals surface area contributed by atoms with E-state index in [-0.39, 0.29) is 23.9 Å². The number of nitriles is 1. The lowest BCUT2D eigenvalue weighted by molar-refractivity contribution is -0.0951. The van der Waals surface area contributed by atoms with Crippen LogP contribution in [0.2, 0.25) is 0 Å². The predicted molar refractivity (Wildman–Crippen MR) is 112 cm³/mol. The summed E-state index contributed by atoms with van der Waals surface area (Å²) in [6.45, 7) is 0. The molecule has 1 unspecified atom stereocenters. The first kappa shape index (κ1) is 21.1. The van der Waals surface area contributed by atoms with E-state index in [1.165, 1.54) is 6.08 Å². The van der Waals surface area contributed by atoms with Crippen LogP contribution < -0.4 is 5.32 Å². The average Bonchev–Trinajstić information content (AvgIpc) is 3.19. The van der Waals surface area contributed by atoms with Crippen LogP contribution in [0.3, 0.4) is 0 Å². The minimum Gasteiger partial charge on any atom is -0.360 e. The number of aromatic amines is 1. The maximum absolute atomic E-state index is 13.2. The highest BCUT2D eigenvalue weighted by molar-refractivity contribution is 6.11. The average molecular weight is 426 g/mol. The number of alkyl halides is 3. The third-order valence-electron chi connectivity index (χ3n) is 5.80. The SMILES string of the molecule is N#CC1=C(C(F)(F)F)CC(NC2CCC(=NC(=O)c3c[nH]c4ccccc34)CC2)C=C1. The molecule has 0 saturated heterocycles. The lowest BCUT2D eigenvalue weighted by atomic mass is 9.90. The number of fused-ring (bicyclic) bond motifs is 1. The second-order valence-corrected chi connectivity index (χ2v) is 7.84. The monoisotopic (exact) mass is 426 g/mol. The lowest BCUT2D eigenvalue weighted by Crippen LogP contribution is -2.41. The summed E-state index contributed by atoms with van der Waals surface area (Å²) in [6.07, 6.45) is 2.41. The number of nitrogens with zero attached hydrogens (tertiary/aromatic N) is 2. The molecule has 0 radical (unpaired) electrons. The highest BCUT2D eigenvalue weighted by Gasteiger charge is 2.38. The van der Waals surface area contributed by atoms with E-state index in [4.69, 9.17) is 5.26 Å². The van der Waals surface area contributed by atoms with Crippen molar-refractivity contribution in [2.75, 3.05) is 0 Å². The molecule has 4 rings (SSSR count). The van der Waals surface area contributed by atoms with Gasteiger partial charge in [-0.1, -0.05) is 24.3 Å². The van der Waals surface area contributed by atoms with Crippen LogP contribution in [-0.4, -0.2) is 34.9 Å². The number of aromatic nitrogens is 1. The quantitative estimate of drug-likeness (QED) is 0.725. The Morgan fingerprint density at radius 3 is 2.68 bits per heavy atom.